The van der Waals surface area contributed by atoms with E-state index in [1.807, 2.05) is 12.1 Å². The number of rotatable bonds is 5. The van der Waals surface area contributed by atoms with Gasteiger partial charge in [-0.2, -0.15) is 0 Å². The summed E-state index contributed by atoms with van der Waals surface area (Å²) < 4.78 is 5.74. The van der Waals surface area contributed by atoms with Crippen LogP contribution in [-0.4, -0.2) is 37.2 Å². The summed E-state index contributed by atoms with van der Waals surface area (Å²) in [6.07, 6.45) is 3.62. The number of halogens is 1. The fourth-order valence-corrected chi connectivity index (χ4v) is 3.66. The van der Waals surface area contributed by atoms with Crippen LogP contribution in [0.25, 0.3) is 0 Å². The van der Waals surface area contributed by atoms with Gasteiger partial charge < -0.3 is 10.1 Å². The van der Waals surface area contributed by atoms with E-state index in [-0.39, 0.29) is 0 Å². The van der Waals surface area contributed by atoms with Crippen molar-refractivity contribution in [2.45, 2.75) is 38.8 Å². The van der Waals surface area contributed by atoms with E-state index < -0.39 is 0 Å². The van der Waals surface area contributed by atoms with Crippen LogP contribution in [0.3, 0.4) is 0 Å². The number of fused-ring (bicyclic) bond motifs is 1. The Morgan fingerprint density at radius 1 is 1.45 bits per heavy atom. The van der Waals surface area contributed by atoms with Gasteiger partial charge in [-0.15, -0.1) is 0 Å². The van der Waals surface area contributed by atoms with Gasteiger partial charge in [-0.05, 0) is 43.6 Å². The number of likely N-dealkylation sites (N-methyl/N-ethyl adjacent to an activating group) is 1. The summed E-state index contributed by atoms with van der Waals surface area (Å²) in [4.78, 5) is 2.56. The summed E-state index contributed by atoms with van der Waals surface area (Å²) in [5, 5.41) is 4.41. The summed E-state index contributed by atoms with van der Waals surface area (Å²) >= 11 is 6.19. The molecule has 0 aromatic heterocycles. The molecule has 4 heteroatoms. The number of hydrogen-bond acceptors (Lipinski definition) is 3. The smallest absolute Gasteiger partial charge is 0.127 e. The quantitative estimate of drug-likeness (QED) is 0.904. The normalized spacial score (nSPS) is 22.0. The fraction of sp³-hybridized carbons (Fsp3) is 0.625. The van der Waals surface area contributed by atoms with Gasteiger partial charge in [0.15, 0.2) is 0 Å². The van der Waals surface area contributed by atoms with Crippen LogP contribution in [0.15, 0.2) is 12.1 Å². The van der Waals surface area contributed by atoms with Crippen molar-refractivity contribution in [3.05, 3.63) is 28.3 Å². The lowest BCUT2D eigenvalue weighted by Gasteiger charge is -2.23. The zero-order valence-corrected chi connectivity index (χ0v) is 12.9. The lowest BCUT2D eigenvalue weighted by molar-refractivity contribution is 0.259. The monoisotopic (exact) mass is 294 g/mol. The predicted molar refractivity (Wildman–Crippen MR) is 82.6 cm³/mol. The Kier molecular flexibility index (Phi) is 4.49. The van der Waals surface area contributed by atoms with Gasteiger partial charge in [0.05, 0.1) is 6.61 Å². The third-order valence-electron chi connectivity index (χ3n) is 4.43. The molecule has 1 aromatic rings. The van der Waals surface area contributed by atoms with Gasteiger partial charge in [0.1, 0.15) is 5.75 Å². The van der Waals surface area contributed by atoms with E-state index in [2.05, 4.69) is 17.1 Å². The van der Waals surface area contributed by atoms with Crippen molar-refractivity contribution in [1.82, 2.24) is 10.2 Å². The van der Waals surface area contributed by atoms with Crippen LogP contribution in [0.5, 0.6) is 5.75 Å². The molecule has 2 aliphatic rings. The first-order valence-corrected chi connectivity index (χ1v) is 8.04. The Bertz CT molecular complexity index is 478. The van der Waals surface area contributed by atoms with Crippen molar-refractivity contribution in [3.63, 3.8) is 0 Å². The van der Waals surface area contributed by atoms with E-state index in [0.29, 0.717) is 6.04 Å². The second kappa shape index (κ2) is 6.33. The standard InChI is InChI=1S/C16H23ClN2O/c1-2-19-6-3-4-15(19)11-18-10-13-9-14(17)8-12-5-7-20-16(12)13/h8-9,15,18H,2-7,10-11H2,1H3. The van der Waals surface area contributed by atoms with E-state index in [1.165, 1.54) is 30.5 Å². The van der Waals surface area contributed by atoms with Gasteiger partial charge in [-0.1, -0.05) is 18.5 Å². The minimum atomic E-state index is 0.688. The molecule has 1 N–H and O–H groups in total. The van der Waals surface area contributed by atoms with Crippen molar-refractivity contribution in [3.8, 4) is 5.75 Å². The number of ether oxygens (including phenoxy) is 1. The maximum atomic E-state index is 6.19. The van der Waals surface area contributed by atoms with Crippen molar-refractivity contribution in [2.75, 3.05) is 26.2 Å². The second-order valence-electron chi connectivity index (χ2n) is 5.71. The highest BCUT2D eigenvalue weighted by Gasteiger charge is 2.23. The topological polar surface area (TPSA) is 24.5 Å². The Morgan fingerprint density at radius 3 is 3.20 bits per heavy atom. The van der Waals surface area contributed by atoms with E-state index in [9.17, 15) is 0 Å². The lowest BCUT2D eigenvalue weighted by atomic mass is 10.1. The molecular formula is C16H23ClN2O. The second-order valence-corrected chi connectivity index (χ2v) is 6.14. The molecule has 0 radical (unpaired) electrons. The summed E-state index contributed by atoms with van der Waals surface area (Å²) in [5.41, 5.74) is 2.45. The molecule has 0 amide bonds. The molecule has 1 saturated heterocycles. The number of nitrogens with zero attached hydrogens (tertiary/aromatic N) is 1. The minimum absolute atomic E-state index is 0.688. The Morgan fingerprint density at radius 2 is 2.35 bits per heavy atom. The number of likely N-dealkylation sites (tertiary alicyclic amines) is 1. The SMILES string of the molecule is CCN1CCCC1CNCc1cc(Cl)cc2c1OCC2. The molecule has 0 bridgehead atoms. The Labute approximate surface area is 126 Å². The van der Waals surface area contributed by atoms with E-state index >= 15 is 0 Å². The van der Waals surface area contributed by atoms with Gasteiger partial charge in [-0.25, -0.2) is 0 Å². The third kappa shape index (κ3) is 2.95. The van der Waals surface area contributed by atoms with Crippen LogP contribution in [-0.2, 0) is 13.0 Å². The maximum absolute atomic E-state index is 6.19. The number of benzene rings is 1. The molecule has 2 heterocycles. The van der Waals surface area contributed by atoms with Crippen LogP contribution in [0.2, 0.25) is 5.02 Å². The molecule has 1 atom stereocenters. The molecule has 0 aliphatic carbocycles. The summed E-state index contributed by atoms with van der Waals surface area (Å²) in [6.45, 7) is 7.33. The zero-order valence-electron chi connectivity index (χ0n) is 12.1. The minimum Gasteiger partial charge on any atom is -0.493 e. The summed E-state index contributed by atoms with van der Waals surface area (Å²) in [6, 6.07) is 4.75. The van der Waals surface area contributed by atoms with Crippen molar-refractivity contribution >= 4 is 11.6 Å². The van der Waals surface area contributed by atoms with Crippen molar-refractivity contribution in [1.29, 1.82) is 0 Å². The molecule has 110 valence electrons. The fourth-order valence-electron chi connectivity index (χ4n) is 3.39. The number of nitrogens with one attached hydrogen (secondary N) is 1. The average molecular weight is 295 g/mol. The van der Waals surface area contributed by atoms with E-state index in [0.717, 1.165) is 43.4 Å². The average Bonchev–Trinajstić information content (AvgIpc) is 3.06. The Hall–Kier alpha value is -0.770. The molecule has 1 aromatic carbocycles. The first-order chi connectivity index (χ1) is 9.78. The molecule has 1 fully saturated rings. The highest BCUT2D eigenvalue weighted by atomic mass is 35.5. The molecule has 0 spiro atoms. The molecule has 2 aliphatic heterocycles. The van der Waals surface area contributed by atoms with Crippen LogP contribution < -0.4 is 10.1 Å². The highest BCUT2D eigenvalue weighted by molar-refractivity contribution is 6.30. The Balaban J connectivity index is 1.59. The molecule has 0 saturated carbocycles. The van der Waals surface area contributed by atoms with Crippen molar-refractivity contribution < 1.29 is 4.74 Å². The molecular weight excluding hydrogens is 272 g/mol. The largest absolute Gasteiger partial charge is 0.493 e. The van der Waals surface area contributed by atoms with Crippen molar-refractivity contribution in [2.24, 2.45) is 0 Å². The summed E-state index contributed by atoms with van der Waals surface area (Å²) in [7, 11) is 0. The predicted octanol–water partition coefficient (Wildman–Crippen LogP) is 2.85. The molecule has 3 rings (SSSR count). The van der Waals surface area contributed by atoms with Crippen LogP contribution in [0.4, 0.5) is 0 Å². The van der Waals surface area contributed by atoms with Gasteiger partial charge >= 0.3 is 0 Å². The number of hydrogen-bond donors (Lipinski definition) is 1. The molecule has 1 unspecified atom stereocenters. The van der Waals surface area contributed by atoms with Gasteiger partial charge in [0.25, 0.3) is 0 Å². The van der Waals surface area contributed by atoms with Gasteiger partial charge in [0.2, 0.25) is 0 Å². The first-order valence-electron chi connectivity index (χ1n) is 7.66. The van der Waals surface area contributed by atoms with Crippen LogP contribution in [0, 0.1) is 0 Å². The lowest BCUT2D eigenvalue weighted by Crippen LogP contribution is -2.37. The van der Waals surface area contributed by atoms with E-state index in [1.54, 1.807) is 0 Å². The van der Waals surface area contributed by atoms with Gasteiger partial charge in [-0.3, -0.25) is 4.90 Å². The highest BCUT2D eigenvalue weighted by Crippen LogP contribution is 2.32. The maximum Gasteiger partial charge on any atom is 0.127 e. The van der Waals surface area contributed by atoms with Crippen LogP contribution in [0.1, 0.15) is 30.9 Å². The molecule has 3 nitrogen and oxygen atoms in total. The van der Waals surface area contributed by atoms with Crippen LogP contribution >= 0.6 is 11.6 Å². The molecule has 20 heavy (non-hydrogen) atoms. The summed E-state index contributed by atoms with van der Waals surface area (Å²) in [5.74, 6) is 1.06. The first kappa shape index (κ1) is 14.2. The van der Waals surface area contributed by atoms with Gasteiger partial charge in [0, 0.05) is 36.1 Å². The van der Waals surface area contributed by atoms with E-state index in [4.69, 9.17) is 16.3 Å². The zero-order chi connectivity index (χ0) is 13.9. The third-order valence-corrected chi connectivity index (χ3v) is 4.64.